The molecule has 8 nitrogen and oxygen atoms in total. The number of thiazole rings is 1. The van der Waals surface area contributed by atoms with Crippen LogP contribution in [0.25, 0.3) is 0 Å². The molecule has 3 aromatic rings. The molecular formula is C28H30F4N4O4S. The van der Waals surface area contributed by atoms with Crippen LogP contribution in [-0.2, 0) is 17.5 Å². The molecule has 1 fully saturated rings. The number of halogens is 4. The number of alkyl halides is 3. The summed E-state index contributed by atoms with van der Waals surface area (Å²) in [6.07, 6.45) is 0.755. The Balaban J connectivity index is 1.66. The van der Waals surface area contributed by atoms with Crippen molar-refractivity contribution in [3.63, 3.8) is 0 Å². The third-order valence-corrected chi connectivity index (χ3v) is 7.69. The van der Waals surface area contributed by atoms with Crippen molar-refractivity contribution in [3.8, 4) is 11.6 Å². The van der Waals surface area contributed by atoms with Gasteiger partial charge in [-0.15, -0.1) is 11.3 Å². The smallest absolute Gasteiger partial charge is 0.421 e. The molecule has 1 amide bonds. The lowest BCUT2D eigenvalue weighted by Crippen LogP contribution is -2.43. The molecule has 0 atom stereocenters. The standard InChI is InChI=1S/C28H30F4N4O4S/c1-15(2)36(25(37)18-6-4-16(3)5-7-18)22-12-21(29)23(11-19(22)26(38)39)40-24-20(28(30,31)32)10-17(13-34-24)14-35-27-33-8-9-41-27/h8-13,15-16,18H,4-7,14H2,1-3H3,(H,33,35)(H,38,39). The summed E-state index contributed by atoms with van der Waals surface area (Å²) in [6, 6.07) is 1.92. The third-order valence-electron chi connectivity index (χ3n) is 6.95. The second-order valence-electron chi connectivity index (χ2n) is 10.4. The van der Waals surface area contributed by atoms with E-state index in [4.69, 9.17) is 4.74 Å². The molecule has 0 saturated heterocycles. The number of ether oxygens (including phenoxy) is 1. The molecule has 0 radical (unpaired) electrons. The summed E-state index contributed by atoms with van der Waals surface area (Å²) in [5.41, 5.74) is -1.76. The van der Waals surface area contributed by atoms with E-state index in [-0.39, 0.29) is 29.6 Å². The lowest BCUT2D eigenvalue weighted by molar-refractivity contribution is -0.139. The summed E-state index contributed by atoms with van der Waals surface area (Å²) in [5, 5.41) is 15.0. The summed E-state index contributed by atoms with van der Waals surface area (Å²) in [5.74, 6) is -4.50. The van der Waals surface area contributed by atoms with Gasteiger partial charge in [-0.25, -0.2) is 19.2 Å². The third kappa shape index (κ3) is 7.13. The highest BCUT2D eigenvalue weighted by Crippen LogP contribution is 2.40. The highest BCUT2D eigenvalue weighted by molar-refractivity contribution is 7.13. The number of amides is 1. The van der Waals surface area contributed by atoms with E-state index in [1.165, 1.54) is 16.2 Å². The summed E-state index contributed by atoms with van der Waals surface area (Å²) >= 11 is 1.27. The molecule has 2 aromatic heterocycles. The van der Waals surface area contributed by atoms with Gasteiger partial charge >= 0.3 is 12.1 Å². The van der Waals surface area contributed by atoms with Crippen molar-refractivity contribution >= 4 is 34.0 Å². The van der Waals surface area contributed by atoms with E-state index in [0.29, 0.717) is 23.9 Å². The zero-order valence-corrected chi connectivity index (χ0v) is 23.5. The van der Waals surface area contributed by atoms with Crippen LogP contribution in [0.5, 0.6) is 11.6 Å². The van der Waals surface area contributed by atoms with E-state index in [1.54, 1.807) is 25.4 Å². The van der Waals surface area contributed by atoms with E-state index < -0.39 is 46.8 Å². The number of aromatic nitrogens is 2. The highest BCUT2D eigenvalue weighted by Gasteiger charge is 2.37. The van der Waals surface area contributed by atoms with Crippen LogP contribution in [0, 0.1) is 17.7 Å². The topological polar surface area (TPSA) is 105 Å². The number of pyridine rings is 1. The Morgan fingerprint density at radius 2 is 1.88 bits per heavy atom. The van der Waals surface area contributed by atoms with Crippen molar-refractivity contribution in [3.05, 3.63) is 58.5 Å². The predicted molar refractivity (Wildman–Crippen MR) is 146 cm³/mol. The molecule has 0 unspecified atom stereocenters. The molecule has 220 valence electrons. The number of carbonyl (C=O) groups excluding carboxylic acids is 1. The molecule has 1 aromatic carbocycles. The molecule has 0 spiro atoms. The maximum absolute atomic E-state index is 15.4. The summed E-state index contributed by atoms with van der Waals surface area (Å²) in [6.45, 7) is 5.46. The number of anilines is 2. The van der Waals surface area contributed by atoms with Crippen LogP contribution in [-0.4, -0.2) is 33.0 Å². The van der Waals surface area contributed by atoms with Gasteiger partial charge in [0.25, 0.3) is 0 Å². The maximum Gasteiger partial charge on any atom is 0.421 e. The first-order valence-corrected chi connectivity index (χ1v) is 14.0. The van der Waals surface area contributed by atoms with E-state index >= 15 is 4.39 Å². The number of aromatic carboxylic acids is 1. The molecule has 1 aliphatic carbocycles. The number of benzene rings is 1. The van der Waals surface area contributed by atoms with Gasteiger partial charge in [0.1, 0.15) is 5.56 Å². The number of nitrogens with zero attached hydrogens (tertiary/aromatic N) is 3. The van der Waals surface area contributed by atoms with Gasteiger partial charge in [-0.3, -0.25) is 4.79 Å². The monoisotopic (exact) mass is 594 g/mol. The van der Waals surface area contributed by atoms with E-state index in [2.05, 4.69) is 22.2 Å². The fourth-order valence-electron chi connectivity index (χ4n) is 4.82. The number of carbonyl (C=O) groups is 2. The largest absolute Gasteiger partial charge is 0.478 e. The van der Waals surface area contributed by atoms with Crippen LogP contribution in [0.1, 0.15) is 67.9 Å². The summed E-state index contributed by atoms with van der Waals surface area (Å²) in [4.78, 5) is 34.7. The van der Waals surface area contributed by atoms with Crippen LogP contribution in [0.3, 0.4) is 0 Å². The maximum atomic E-state index is 15.4. The fourth-order valence-corrected chi connectivity index (χ4v) is 5.34. The van der Waals surface area contributed by atoms with Gasteiger partial charge in [-0.1, -0.05) is 6.92 Å². The van der Waals surface area contributed by atoms with Gasteiger partial charge in [0.2, 0.25) is 11.8 Å². The number of carboxylic acids is 1. The number of hydrogen-bond acceptors (Lipinski definition) is 7. The lowest BCUT2D eigenvalue weighted by atomic mass is 9.82. The fraction of sp³-hybridized carbons (Fsp3) is 0.429. The van der Waals surface area contributed by atoms with Crippen LogP contribution >= 0.6 is 11.3 Å². The Hall–Kier alpha value is -3.74. The molecule has 0 bridgehead atoms. The molecule has 13 heteroatoms. The Labute approximate surface area is 238 Å². The van der Waals surface area contributed by atoms with Crippen molar-refractivity contribution in [2.45, 2.75) is 65.2 Å². The average molecular weight is 595 g/mol. The Bertz CT molecular complexity index is 1390. The Morgan fingerprint density at radius 3 is 2.46 bits per heavy atom. The van der Waals surface area contributed by atoms with E-state index in [0.717, 1.165) is 37.2 Å². The van der Waals surface area contributed by atoms with Crippen molar-refractivity contribution in [1.29, 1.82) is 0 Å². The molecular weight excluding hydrogens is 564 g/mol. The minimum absolute atomic E-state index is 0.00490. The van der Waals surface area contributed by atoms with Crippen molar-refractivity contribution in [2.75, 3.05) is 10.2 Å². The van der Waals surface area contributed by atoms with E-state index in [1.807, 2.05) is 0 Å². The molecule has 1 aliphatic rings. The van der Waals surface area contributed by atoms with E-state index in [9.17, 15) is 27.9 Å². The summed E-state index contributed by atoms with van der Waals surface area (Å²) < 4.78 is 62.4. The number of carboxylic acid groups (broad SMARTS) is 1. The van der Waals surface area contributed by atoms with Crippen LogP contribution in [0.2, 0.25) is 0 Å². The average Bonchev–Trinajstić information content (AvgIpc) is 3.42. The molecule has 2 N–H and O–H groups in total. The molecule has 0 aliphatic heterocycles. The zero-order chi connectivity index (χ0) is 29.9. The number of rotatable bonds is 9. The van der Waals surface area contributed by atoms with Crippen LogP contribution < -0.4 is 15.0 Å². The highest BCUT2D eigenvalue weighted by atomic mass is 32.1. The second kappa shape index (κ2) is 12.4. The Morgan fingerprint density at radius 1 is 1.17 bits per heavy atom. The van der Waals surface area contributed by atoms with Gasteiger partial charge in [0.05, 0.1) is 11.3 Å². The van der Waals surface area contributed by atoms with Crippen molar-refractivity contribution < 1.29 is 37.0 Å². The number of hydrogen-bond donors (Lipinski definition) is 2. The van der Waals surface area contributed by atoms with Gasteiger partial charge in [-0.2, -0.15) is 13.2 Å². The molecule has 41 heavy (non-hydrogen) atoms. The first kappa shape index (κ1) is 30.2. The van der Waals surface area contributed by atoms with Crippen LogP contribution in [0.4, 0.5) is 28.4 Å². The van der Waals surface area contributed by atoms with Gasteiger partial charge in [-0.05, 0) is 57.1 Å². The second-order valence-corrected chi connectivity index (χ2v) is 11.2. The normalized spacial score (nSPS) is 17.4. The first-order valence-electron chi connectivity index (χ1n) is 13.1. The first-order chi connectivity index (χ1) is 19.3. The SMILES string of the molecule is CC1CCC(C(=O)N(c2cc(F)c(Oc3ncc(CNc4nccs4)cc3C(F)(F)F)cc2C(=O)O)C(C)C)CC1. The minimum atomic E-state index is -4.90. The Kier molecular flexibility index (Phi) is 9.15. The zero-order valence-electron chi connectivity index (χ0n) is 22.7. The lowest BCUT2D eigenvalue weighted by Gasteiger charge is -2.34. The minimum Gasteiger partial charge on any atom is -0.478 e. The van der Waals surface area contributed by atoms with Gasteiger partial charge in [0, 0.05) is 48.4 Å². The number of nitrogens with one attached hydrogen (secondary N) is 1. The van der Waals surface area contributed by atoms with Crippen molar-refractivity contribution in [1.82, 2.24) is 9.97 Å². The van der Waals surface area contributed by atoms with Crippen LogP contribution in [0.15, 0.2) is 36.0 Å². The quantitative estimate of drug-likeness (QED) is 0.249. The molecule has 2 heterocycles. The molecule has 1 saturated carbocycles. The predicted octanol–water partition coefficient (Wildman–Crippen LogP) is 7.37. The van der Waals surface area contributed by atoms with Crippen molar-refractivity contribution in [2.24, 2.45) is 11.8 Å². The van der Waals surface area contributed by atoms with Gasteiger partial charge in [0.15, 0.2) is 16.7 Å². The molecule has 4 rings (SSSR count). The summed E-state index contributed by atoms with van der Waals surface area (Å²) in [7, 11) is 0. The van der Waals surface area contributed by atoms with Gasteiger partial charge < -0.3 is 20.1 Å².